The molecule has 1 aliphatic carbocycles. The molecule has 1 saturated carbocycles. The molecule has 1 fully saturated rings. The van der Waals surface area contributed by atoms with Gasteiger partial charge in [0.05, 0.1) is 24.3 Å². The maximum absolute atomic E-state index is 12.6. The molecule has 0 radical (unpaired) electrons. The van der Waals surface area contributed by atoms with Gasteiger partial charge in [-0.1, -0.05) is 26.7 Å². The van der Waals surface area contributed by atoms with Crippen molar-refractivity contribution in [3.05, 3.63) is 28.3 Å². The molecule has 0 saturated heterocycles. The van der Waals surface area contributed by atoms with Crippen LogP contribution in [-0.4, -0.2) is 29.6 Å². The summed E-state index contributed by atoms with van der Waals surface area (Å²) in [6.07, 6.45) is 5.74. The first-order valence-electron chi connectivity index (χ1n) is 9.92. The van der Waals surface area contributed by atoms with Gasteiger partial charge in [-0.25, -0.2) is 4.98 Å². The average molecular weight is 391 g/mol. The molecule has 27 heavy (non-hydrogen) atoms. The van der Waals surface area contributed by atoms with E-state index >= 15 is 0 Å². The number of carbonyl (C=O) groups excluding carboxylic acids is 1. The van der Waals surface area contributed by atoms with Crippen molar-refractivity contribution < 1.29 is 13.9 Å². The highest BCUT2D eigenvalue weighted by Crippen LogP contribution is 2.25. The fraction of sp³-hybridized carbons (Fsp3) is 0.619. The summed E-state index contributed by atoms with van der Waals surface area (Å²) in [6.45, 7) is 7.03. The Morgan fingerprint density at radius 1 is 1.41 bits per heavy atom. The lowest BCUT2D eigenvalue weighted by atomic mass is 9.92. The molecule has 148 valence electrons. The highest BCUT2D eigenvalue weighted by molar-refractivity contribution is 7.08. The molecule has 2 atom stereocenters. The van der Waals surface area contributed by atoms with Gasteiger partial charge < -0.3 is 14.5 Å². The molecule has 1 aliphatic rings. The molecule has 0 unspecified atom stereocenters. The number of amides is 1. The second-order valence-corrected chi connectivity index (χ2v) is 8.54. The normalized spacial score (nSPS) is 20.1. The van der Waals surface area contributed by atoms with Crippen LogP contribution >= 0.6 is 11.3 Å². The lowest BCUT2D eigenvalue weighted by molar-refractivity contribution is -0.123. The predicted octanol–water partition coefficient (Wildman–Crippen LogP) is 4.74. The van der Waals surface area contributed by atoms with Gasteiger partial charge in [-0.2, -0.15) is 11.3 Å². The van der Waals surface area contributed by atoms with Gasteiger partial charge in [0.1, 0.15) is 5.76 Å². The van der Waals surface area contributed by atoms with Crippen molar-refractivity contribution in [2.45, 2.75) is 71.4 Å². The number of nitrogens with zero attached hydrogens (tertiary/aromatic N) is 1. The van der Waals surface area contributed by atoms with Crippen LogP contribution in [0.15, 0.2) is 21.2 Å². The molecule has 6 heteroatoms. The number of rotatable bonds is 8. The van der Waals surface area contributed by atoms with Crippen LogP contribution in [-0.2, 0) is 16.0 Å². The van der Waals surface area contributed by atoms with Crippen molar-refractivity contribution in [1.82, 2.24) is 10.3 Å². The van der Waals surface area contributed by atoms with Gasteiger partial charge in [-0.05, 0) is 43.6 Å². The first-order valence-corrected chi connectivity index (χ1v) is 10.9. The molecule has 1 amide bonds. The number of hydrogen-bond acceptors (Lipinski definition) is 5. The number of carbonyl (C=O) groups is 1. The van der Waals surface area contributed by atoms with Crippen LogP contribution in [0.5, 0.6) is 0 Å². The zero-order valence-electron chi connectivity index (χ0n) is 16.5. The molecule has 0 spiro atoms. The predicted molar refractivity (Wildman–Crippen MR) is 108 cm³/mol. The van der Waals surface area contributed by atoms with Crippen molar-refractivity contribution in [3.63, 3.8) is 0 Å². The van der Waals surface area contributed by atoms with Crippen LogP contribution in [0.1, 0.15) is 57.4 Å². The second kappa shape index (κ2) is 9.51. The van der Waals surface area contributed by atoms with Crippen LogP contribution < -0.4 is 5.32 Å². The number of nitrogens with one attached hydrogen (secondary N) is 1. The Hall–Kier alpha value is -1.66. The van der Waals surface area contributed by atoms with E-state index in [0.717, 1.165) is 37.9 Å². The summed E-state index contributed by atoms with van der Waals surface area (Å²) in [5.74, 6) is 1.92. The summed E-state index contributed by atoms with van der Waals surface area (Å²) >= 11 is 1.60. The van der Waals surface area contributed by atoms with Crippen molar-refractivity contribution in [2.75, 3.05) is 6.61 Å². The maximum Gasteiger partial charge on any atom is 0.227 e. The number of oxazole rings is 1. The fourth-order valence-electron chi connectivity index (χ4n) is 3.43. The third kappa shape index (κ3) is 5.66. The highest BCUT2D eigenvalue weighted by Gasteiger charge is 2.27. The Bertz CT molecular complexity index is 724. The van der Waals surface area contributed by atoms with Crippen LogP contribution in [0.4, 0.5) is 0 Å². The van der Waals surface area contributed by atoms with Crippen LogP contribution in [0, 0.1) is 12.8 Å². The molecule has 3 rings (SSSR count). The quantitative estimate of drug-likeness (QED) is 0.707. The van der Waals surface area contributed by atoms with Gasteiger partial charge in [0.2, 0.25) is 11.8 Å². The van der Waals surface area contributed by atoms with E-state index in [4.69, 9.17) is 9.15 Å². The topological polar surface area (TPSA) is 64.4 Å². The molecule has 1 N–H and O–H groups in total. The van der Waals surface area contributed by atoms with Crippen molar-refractivity contribution in [2.24, 2.45) is 5.92 Å². The summed E-state index contributed by atoms with van der Waals surface area (Å²) < 4.78 is 11.8. The van der Waals surface area contributed by atoms with Crippen LogP contribution in [0.25, 0.3) is 11.5 Å². The van der Waals surface area contributed by atoms with Gasteiger partial charge in [0.15, 0.2) is 0 Å². The molecule has 0 aromatic carbocycles. The maximum atomic E-state index is 12.6. The molecule has 5 nitrogen and oxygen atoms in total. The summed E-state index contributed by atoms with van der Waals surface area (Å²) in [5.41, 5.74) is 1.67. The molecule has 2 heterocycles. The molecular weight excluding hydrogens is 360 g/mol. The van der Waals surface area contributed by atoms with Gasteiger partial charge in [-0.15, -0.1) is 0 Å². The SMILES string of the molecule is Cc1oc(-c2ccsc2)nc1CC(=O)N[C@@H]1CCCC[C@H]1OCCC(C)C. The van der Waals surface area contributed by atoms with Gasteiger partial charge in [0.25, 0.3) is 0 Å². The van der Waals surface area contributed by atoms with E-state index in [1.807, 2.05) is 23.8 Å². The number of aryl methyl sites for hydroxylation is 1. The van der Waals surface area contributed by atoms with Crippen LogP contribution in [0.3, 0.4) is 0 Å². The minimum Gasteiger partial charge on any atom is -0.441 e. The summed E-state index contributed by atoms with van der Waals surface area (Å²) in [5, 5.41) is 7.17. The van der Waals surface area contributed by atoms with E-state index in [2.05, 4.69) is 24.1 Å². The smallest absolute Gasteiger partial charge is 0.227 e. The first kappa shape index (κ1) is 20.1. The van der Waals surface area contributed by atoms with Crippen molar-refractivity contribution in [1.29, 1.82) is 0 Å². The zero-order chi connectivity index (χ0) is 19.2. The van der Waals surface area contributed by atoms with Crippen molar-refractivity contribution >= 4 is 17.2 Å². The standard InChI is InChI=1S/C21H30N2O3S/c1-14(2)8-10-25-19-7-5-4-6-17(19)22-20(24)12-18-15(3)26-21(23-18)16-9-11-27-13-16/h9,11,13-14,17,19H,4-8,10,12H2,1-3H3,(H,22,24)/t17-,19-/m1/s1. The molecule has 2 aromatic rings. The Labute approximate surface area is 165 Å². The minimum atomic E-state index is -0.00683. The third-order valence-electron chi connectivity index (χ3n) is 5.06. The second-order valence-electron chi connectivity index (χ2n) is 7.76. The zero-order valence-corrected chi connectivity index (χ0v) is 17.3. The minimum absolute atomic E-state index is 0.00683. The van der Waals surface area contributed by atoms with E-state index in [-0.39, 0.29) is 24.5 Å². The van der Waals surface area contributed by atoms with E-state index in [1.54, 1.807) is 11.3 Å². The lowest BCUT2D eigenvalue weighted by Crippen LogP contribution is -2.47. The number of ether oxygens (including phenoxy) is 1. The van der Waals surface area contributed by atoms with E-state index in [9.17, 15) is 4.79 Å². The number of hydrogen-bond donors (Lipinski definition) is 1. The number of thiophene rings is 1. The highest BCUT2D eigenvalue weighted by atomic mass is 32.1. The monoisotopic (exact) mass is 390 g/mol. The number of aromatic nitrogens is 1. The van der Waals surface area contributed by atoms with Gasteiger partial charge in [0, 0.05) is 17.6 Å². The largest absolute Gasteiger partial charge is 0.441 e. The van der Waals surface area contributed by atoms with E-state index < -0.39 is 0 Å². The lowest BCUT2D eigenvalue weighted by Gasteiger charge is -2.32. The summed E-state index contributed by atoms with van der Waals surface area (Å²) in [6, 6.07) is 2.07. The first-order chi connectivity index (χ1) is 13.0. The Kier molecular flexibility index (Phi) is 7.07. The van der Waals surface area contributed by atoms with E-state index in [1.165, 1.54) is 6.42 Å². The van der Waals surface area contributed by atoms with Crippen LogP contribution in [0.2, 0.25) is 0 Å². The average Bonchev–Trinajstić information content (AvgIpc) is 3.26. The Balaban J connectivity index is 1.56. The molecule has 0 bridgehead atoms. The van der Waals surface area contributed by atoms with E-state index in [0.29, 0.717) is 23.3 Å². The molecule has 2 aromatic heterocycles. The Morgan fingerprint density at radius 3 is 2.96 bits per heavy atom. The fourth-order valence-corrected chi connectivity index (χ4v) is 4.06. The van der Waals surface area contributed by atoms with Crippen molar-refractivity contribution in [3.8, 4) is 11.5 Å². The Morgan fingerprint density at radius 2 is 2.22 bits per heavy atom. The summed E-state index contributed by atoms with van der Waals surface area (Å²) in [4.78, 5) is 17.1. The molecular formula is C21H30N2O3S. The van der Waals surface area contributed by atoms with Gasteiger partial charge >= 0.3 is 0 Å². The molecule has 0 aliphatic heterocycles. The van der Waals surface area contributed by atoms with Gasteiger partial charge in [-0.3, -0.25) is 4.79 Å². The summed E-state index contributed by atoms with van der Waals surface area (Å²) in [7, 11) is 0. The third-order valence-corrected chi connectivity index (χ3v) is 5.75.